The molecule has 0 atom stereocenters. The maximum absolute atomic E-state index is 12.4. The fourth-order valence-corrected chi connectivity index (χ4v) is 3.15. The van der Waals surface area contributed by atoms with Gasteiger partial charge in [-0.15, -0.1) is 0 Å². The number of amides is 1. The Morgan fingerprint density at radius 3 is 2.48 bits per heavy atom. The number of rotatable bonds is 5. The molecule has 0 saturated carbocycles. The summed E-state index contributed by atoms with van der Waals surface area (Å²) >= 11 is 6.24. The SMILES string of the molecule is Cc1cc(C)c(NC(=O)c2cnc(NCc3ccccc3C)cn2)c(Cl)c1. The second-order valence-corrected chi connectivity index (χ2v) is 6.87. The number of aryl methyl sites for hydroxylation is 3. The van der Waals surface area contributed by atoms with Crippen LogP contribution >= 0.6 is 11.6 Å². The minimum atomic E-state index is -0.346. The van der Waals surface area contributed by atoms with Crippen LogP contribution in [0, 0.1) is 20.8 Å². The molecule has 1 heterocycles. The molecule has 6 heteroatoms. The summed E-state index contributed by atoms with van der Waals surface area (Å²) in [6.07, 6.45) is 3.00. The lowest BCUT2D eigenvalue weighted by atomic mass is 10.1. The van der Waals surface area contributed by atoms with E-state index in [9.17, 15) is 4.79 Å². The molecule has 27 heavy (non-hydrogen) atoms. The Morgan fingerprint density at radius 1 is 1.04 bits per heavy atom. The first kappa shape index (κ1) is 18.9. The minimum Gasteiger partial charge on any atom is -0.365 e. The lowest BCUT2D eigenvalue weighted by Crippen LogP contribution is -2.15. The van der Waals surface area contributed by atoms with Gasteiger partial charge in [-0.05, 0) is 49.1 Å². The molecule has 3 rings (SSSR count). The molecule has 0 aliphatic heterocycles. The maximum atomic E-state index is 12.4. The monoisotopic (exact) mass is 380 g/mol. The van der Waals surface area contributed by atoms with Gasteiger partial charge in [0.1, 0.15) is 11.5 Å². The summed E-state index contributed by atoms with van der Waals surface area (Å²) in [5, 5.41) is 6.53. The Hall–Kier alpha value is -2.92. The molecule has 1 amide bonds. The zero-order chi connectivity index (χ0) is 19.4. The van der Waals surface area contributed by atoms with Crippen LogP contribution in [0.5, 0.6) is 0 Å². The molecule has 0 saturated heterocycles. The second-order valence-electron chi connectivity index (χ2n) is 6.46. The van der Waals surface area contributed by atoms with Gasteiger partial charge in [0.05, 0.1) is 23.1 Å². The molecule has 2 aromatic carbocycles. The van der Waals surface area contributed by atoms with Crippen molar-refractivity contribution in [2.75, 3.05) is 10.6 Å². The van der Waals surface area contributed by atoms with Crippen molar-refractivity contribution in [1.82, 2.24) is 9.97 Å². The van der Waals surface area contributed by atoms with Crippen LogP contribution < -0.4 is 10.6 Å². The van der Waals surface area contributed by atoms with E-state index in [2.05, 4.69) is 39.7 Å². The summed E-state index contributed by atoms with van der Waals surface area (Å²) in [6, 6.07) is 11.9. The van der Waals surface area contributed by atoms with Gasteiger partial charge in [-0.2, -0.15) is 0 Å². The van der Waals surface area contributed by atoms with Gasteiger partial charge < -0.3 is 10.6 Å². The summed E-state index contributed by atoms with van der Waals surface area (Å²) in [6.45, 7) is 6.57. The highest BCUT2D eigenvalue weighted by atomic mass is 35.5. The summed E-state index contributed by atoms with van der Waals surface area (Å²) in [5.74, 6) is 0.265. The number of hydrogen-bond donors (Lipinski definition) is 2. The Bertz CT molecular complexity index is 947. The third-order valence-electron chi connectivity index (χ3n) is 4.28. The molecular weight excluding hydrogens is 360 g/mol. The van der Waals surface area contributed by atoms with Crippen LogP contribution in [0.15, 0.2) is 48.8 Å². The normalized spacial score (nSPS) is 10.5. The quantitative estimate of drug-likeness (QED) is 0.659. The van der Waals surface area contributed by atoms with Crippen LogP contribution in [0.3, 0.4) is 0 Å². The zero-order valence-electron chi connectivity index (χ0n) is 15.5. The van der Waals surface area contributed by atoms with Crippen LogP contribution in [0.25, 0.3) is 0 Å². The van der Waals surface area contributed by atoms with Crippen LogP contribution in [0.4, 0.5) is 11.5 Å². The number of benzene rings is 2. The number of carbonyl (C=O) groups excluding carboxylic acids is 1. The minimum absolute atomic E-state index is 0.229. The van der Waals surface area contributed by atoms with Crippen LogP contribution in [0.2, 0.25) is 5.02 Å². The Labute approximate surface area is 163 Å². The molecule has 3 aromatic rings. The van der Waals surface area contributed by atoms with Crippen molar-refractivity contribution in [2.45, 2.75) is 27.3 Å². The molecule has 0 bridgehead atoms. The number of nitrogens with one attached hydrogen (secondary N) is 2. The molecule has 1 aromatic heterocycles. The molecule has 5 nitrogen and oxygen atoms in total. The Balaban J connectivity index is 1.66. The fourth-order valence-electron chi connectivity index (χ4n) is 2.78. The first-order valence-corrected chi connectivity index (χ1v) is 9.00. The van der Waals surface area contributed by atoms with E-state index in [1.165, 1.54) is 17.3 Å². The van der Waals surface area contributed by atoms with E-state index >= 15 is 0 Å². The third-order valence-corrected chi connectivity index (χ3v) is 4.57. The van der Waals surface area contributed by atoms with Gasteiger partial charge in [0, 0.05) is 6.54 Å². The second kappa shape index (κ2) is 8.18. The summed E-state index contributed by atoms with van der Waals surface area (Å²) in [4.78, 5) is 20.9. The molecule has 0 spiro atoms. The lowest BCUT2D eigenvalue weighted by Gasteiger charge is -2.11. The smallest absolute Gasteiger partial charge is 0.275 e. The van der Waals surface area contributed by atoms with Crippen molar-refractivity contribution >= 4 is 29.0 Å². The van der Waals surface area contributed by atoms with Gasteiger partial charge in [-0.1, -0.05) is 41.9 Å². The van der Waals surface area contributed by atoms with Crippen molar-refractivity contribution in [2.24, 2.45) is 0 Å². The molecule has 0 aliphatic rings. The summed E-state index contributed by atoms with van der Waals surface area (Å²) < 4.78 is 0. The van der Waals surface area contributed by atoms with E-state index in [0.29, 0.717) is 23.1 Å². The first-order chi connectivity index (χ1) is 12.9. The van der Waals surface area contributed by atoms with Gasteiger partial charge in [-0.25, -0.2) is 9.97 Å². The van der Waals surface area contributed by atoms with Crippen molar-refractivity contribution < 1.29 is 4.79 Å². The number of anilines is 2. The first-order valence-electron chi connectivity index (χ1n) is 8.62. The lowest BCUT2D eigenvalue weighted by molar-refractivity contribution is 0.102. The van der Waals surface area contributed by atoms with Crippen molar-refractivity contribution in [1.29, 1.82) is 0 Å². The number of hydrogen-bond acceptors (Lipinski definition) is 4. The van der Waals surface area contributed by atoms with E-state index in [1.807, 2.05) is 38.1 Å². The van der Waals surface area contributed by atoms with Crippen molar-refractivity contribution in [3.05, 3.63) is 81.8 Å². The van der Waals surface area contributed by atoms with Gasteiger partial charge in [0.25, 0.3) is 5.91 Å². The van der Waals surface area contributed by atoms with Crippen molar-refractivity contribution in [3.8, 4) is 0 Å². The average Bonchev–Trinajstić information content (AvgIpc) is 2.64. The molecule has 0 radical (unpaired) electrons. The van der Waals surface area contributed by atoms with E-state index < -0.39 is 0 Å². The highest BCUT2D eigenvalue weighted by Crippen LogP contribution is 2.27. The maximum Gasteiger partial charge on any atom is 0.275 e. The van der Waals surface area contributed by atoms with Crippen LogP contribution in [-0.2, 0) is 6.54 Å². The predicted molar refractivity (Wildman–Crippen MR) is 109 cm³/mol. The number of halogens is 1. The fraction of sp³-hybridized carbons (Fsp3) is 0.190. The van der Waals surface area contributed by atoms with Gasteiger partial charge in [-0.3, -0.25) is 4.79 Å². The predicted octanol–water partition coefficient (Wildman–Crippen LogP) is 4.92. The largest absolute Gasteiger partial charge is 0.365 e. The van der Waals surface area contributed by atoms with Crippen LogP contribution in [0.1, 0.15) is 32.7 Å². The highest BCUT2D eigenvalue weighted by molar-refractivity contribution is 6.34. The van der Waals surface area contributed by atoms with E-state index in [0.717, 1.165) is 11.1 Å². The summed E-state index contributed by atoms with van der Waals surface area (Å²) in [5.41, 5.74) is 5.16. The zero-order valence-corrected chi connectivity index (χ0v) is 16.3. The topological polar surface area (TPSA) is 66.9 Å². The van der Waals surface area contributed by atoms with E-state index in [1.54, 1.807) is 6.20 Å². The van der Waals surface area contributed by atoms with Gasteiger partial charge in [0.15, 0.2) is 0 Å². The molecule has 0 unspecified atom stereocenters. The average molecular weight is 381 g/mol. The van der Waals surface area contributed by atoms with Gasteiger partial charge in [0.2, 0.25) is 0 Å². The highest BCUT2D eigenvalue weighted by Gasteiger charge is 2.13. The van der Waals surface area contributed by atoms with Gasteiger partial charge >= 0.3 is 0 Å². The number of carbonyl (C=O) groups is 1. The van der Waals surface area contributed by atoms with E-state index in [4.69, 9.17) is 11.6 Å². The standard InChI is InChI=1S/C21H21ClN4O/c1-13-8-15(3)20(17(22)9-13)26-21(27)18-11-25-19(12-23-18)24-10-16-7-5-4-6-14(16)2/h4-9,11-12H,10H2,1-3H3,(H,24,25)(H,26,27). The van der Waals surface area contributed by atoms with Crippen molar-refractivity contribution in [3.63, 3.8) is 0 Å². The molecule has 2 N–H and O–H groups in total. The Morgan fingerprint density at radius 2 is 1.81 bits per heavy atom. The number of aromatic nitrogens is 2. The van der Waals surface area contributed by atoms with E-state index in [-0.39, 0.29) is 11.6 Å². The van der Waals surface area contributed by atoms with Crippen LogP contribution in [-0.4, -0.2) is 15.9 Å². The summed E-state index contributed by atoms with van der Waals surface area (Å²) in [7, 11) is 0. The molecule has 0 fully saturated rings. The Kier molecular flexibility index (Phi) is 5.72. The molecule has 0 aliphatic carbocycles. The molecule has 138 valence electrons. The number of nitrogens with zero attached hydrogens (tertiary/aromatic N) is 2. The third kappa shape index (κ3) is 4.63. The molecular formula is C21H21ClN4O.